The van der Waals surface area contributed by atoms with Crippen LogP contribution in [0.2, 0.25) is 5.02 Å². The van der Waals surface area contributed by atoms with Gasteiger partial charge in [0, 0.05) is 29.8 Å². The van der Waals surface area contributed by atoms with E-state index in [2.05, 4.69) is 55.5 Å². The summed E-state index contributed by atoms with van der Waals surface area (Å²) in [6.45, 7) is 3.05. The van der Waals surface area contributed by atoms with E-state index in [9.17, 15) is 0 Å². The van der Waals surface area contributed by atoms with E-state index in [1.165, 1.54) is 5.56 Å². The minimum atomic E-state index is 0.745. The van der Waals surface area contributed by atoms with E-state index in [1.807, 2.05) is 23.9 Å². The van der Waals surface area contributed by atoms with Gasteiger partial charge in [0.25, 0.3) is 0 Å². The summed E-state index contributed by atoms with van der Waals surface area (Å²) in [5, 5.41) is 1.90. The molecule has 0 N–H and O–H groups in total. The van der Waals surface area contributed by atoms with Crippen LogP contribution in [0.25, 0.3) is 22.1 Å². The van der Waals surface area contributed by atoms with Crippen molar-refractivity contribution in [2.45, 2.75) is 6.92 Å². The van der Waals surface area contributed by atoms with Gasteiger partial charge in [-0.2, -0.15) is 11.8 Å². The predicted molar refractivity (Wildman–Crippen MR) is 103 cm³/mol. The summed E-state index contributed by atoms with van der Waals surface area (Å²) in [6.07, 6.45) is 2.12. The van der Waals surface area contributed by atoms with Crippen LogP contribution in [-0.4, -0.2) is 25.6 Å². The van der Waals surface area contributed by atoms with Crippen molar-refractivity contribution in [2.75, 3.05) is 30.5 Å². The van der Waals surface area contributed by atoms with Gasteiger partial charge in [0.2, 0.25) is 5.88 Å². The first-order valence-corrected chi connectivity index (χ1v) is 9.36. The van der Waals surface area contributed by atoms with E-state index in [4.69, 9.17) is 16.0 Å². The van der Waals surface area contributed by atoms with Crippen molar-refractivity contribution >= 4 is 40.2 Å². The lowest BCUT2D eigenvalue weighted by Gasteiger charge is -2.17. The Labute approximate surface area is 146 Å². The maximum Gasteiger partial charge on any atom is 0.204 e. The molecule has 0 aliphatic heterocycles. The normalized spacial score (nSPS) is 11.1. The molecule has 0 saturated heterocycles. The minimum absolute atomic E-state index is 0.745. The predicted octanol–water partition coefficient (Wildman–Crippen LogP) is 5.86. The van der Waals surface area contributed by atoms with E-state index in [0.717, 1.165) is 45.3 Å². The first kappa shape index (κ1) is 16.3. The second-order valence-corrected chi connectivity index (χ2v) is 7.13. The lowest BCUT2D eigenvalue weighted by Crippen LogP contribution is -2.20. The standard InChI is InChI=1S/C19H20ClNOS/c1-13-4-9-17-16(12-13)18(14-5-7-15(20)8-6-14)19(22-17)21(2)10-11-23-3/h4-9,12H,10-11H2,1-3H3. The van der Waals surface area contributed by atoms with Crippen molar-refractivity contribution < 1.29 is 4.42 Å². The van der Waals surface area contributed by atoms with E-state index in [0.29, 0.717) is 0 Å². The van der Waals surface area contributed by atoms with E-state index >= 15 is 0 Å². The SMILES string of the molecule is CSCCN(C)c1oc2ccc(C)cc2c1-c1ccc(Cl)cc1. The Balaban J connectivity index is 2.18. The van der Waals surface area contributed by atoms with Crippen molar-refractivity contribution in [1.29, 1.82) is 0 Å². The third-order valence-corrected chi connectivity index (χ3v) is 4.78. The van der Waals surface area contributed by atoms with Gasteiger partial charge in [-0.3, -0.25) is 0 Å². The number of fused-ring (bicyclic) bond motifs is 1. The summed E-state index contributed by atoms with van der Waals surface area (Å²) in [6, 6.07) is 14.3. The number of benzene rings is 2. The average Bonchev–Trinajstić information content (AvgIpc) is 2.92. The molecule has 2 nitrogen and oxygen atoms in total. The lowest BCUT2D eigenvalue weighted by molar-refractivity contribution is 0.602. The number of hydrogen-bond donors (Lipinski definition) is 0. The summed E-state index contributed by atoms with van der Waals surface area (Å²) >= 11 is 7.89. The molecule has 0 aliphatic rings. The van der Waals surface area contributed by atoms with Gasteiger partial charge in [0.1, 0.15) is 5.58 Å². The molecule has 0 aliphatic carbocycles. The first-order chi connectivity index (χ1) is 11.1. The molecule has 0 atom stereocenters. The third-order valence-electron chi connectivity index (χ3n) is 3.94. The molecule has 1 aromatic heterocycles. The smallest absolute Gasteiger partial charge is 0.204 e. The van der Waals surface area contributed by atoms with Crippen molar-refractivity contribution in [3.63, 3.8) is 0 Å². The summed E-state index contributed by atoms with van der Waals surface area (Å²) in [5.74, 6) is 1.98. The number of rotatable bonds is 5. The Bertz CT molecular complexity index is 810. The number of thioether (sulfide) groups is 1. The van der Waals surface area contributed by atoms with Gasteiger partial charge in [0.15, 0.2) is 0 Å². The summed E-state index contributed by atoms with van der Waals surface area (Å²) in [7, 11) is 2.08. The molecular formula is C19H20ClNOS. The number of anilines is 1. The van der Waals surface area contributed by atoms with Gasteiger partial charge in [-0.25, -0.2) is 0 Å². The van der Waals surface area contributed by atoms with Crippen LogP contribution in [-0.2, 0) is 0 Å². The molecule has 0 unspecified atom stereocenters. The second-order valence-electron chi connectivity index (χ2n) is 5.70. The van der Waals surface area contributed by atoms with Crippen LogP contribution in [0.4, 0.5) is 5.88 Å². The maximum atomic E-state index is 6.18. The number of nitrogens with zero attached hydrogens (tertiary/aromatic N) is 1. The molecule has 0 bridgehead atoms. The van der Waals surface area contributed by atoms with E-state index < -0.39 is 0 Å². The van der Waals surface area contributed by atoms with Gasteiger partial charge in [0.05, 0.1) is 5.56 Å². The van der Waals surface area contributed by atoms with Crippen molar-refractivity contribution in [2.24, 2.45) is 0 Å². The van der Waals surface area contributed by atoms with Crippen LogP contribution in [0, 0.1) is 6.92 Å². The number of aryl methyl sites for hydroxylation is 1. The van der Waals surface area contributed by atoms with Crippen molar-refractivity contribution in [1.82, 2.24) is 0 Å². The van der Waals surface area contributed by atoms with Crippen molar-refractivity contribution in [3.05, 3.63) is 53.1 Å². The highest BCUT2D eigenvalue weighted by atomic mass is 35.5. The van der Waals surface area contributed by atoms with Crippen LogP contribution in [0.5, 0.6) is 0 Å². The fraction of sp³-hybridized carbons (Fsp3) is 0.263. The van der Waals surface area contributed by atoms with Gasteiger partial charge in [-0.1, -0.05) is 35.4 Å². The Hall–Kier alpha value is -1.58. The molecule has 0 amide bonds. The molecule has 120 valence electrons. The van der Waals surface area contributed by atoms with Crippen LogP contribution in [0.3, 0.4) is 0 Å². The Morgan fingerprint density at radius 2 is 1.87 bits per heavy atom. The fourth-order valence-corrected chi connectivity index (χ4v) is 3.28. The van der Waals surface area contributed by atoms with Crippen LogP contribution < -0.4 is 4.90 Å². The van der Waals surface area contributed by atoms with Gasteiger partial charge in [-0.05, 0) is 43.0 Å². The summed E-state index contributed by atoms with van der Waals surface area (Å²) in [4.78, 5) is 2.19. The zero-order valence-corrected chi connectivity index (χ0v) is 15.2. The molecule has 1 heterocycles. The molecular weight excluding hydrogens is 326 g/mol. The molecule has 0 radical (unpaired) electrons. The Morgan fingerprint density at radius 1 is 1.13 bits per heavy atom. The summed E-state index contributed by atoms with van der Waals surface area (Å²) in [5.41, 5.74) is 4.42. The van der Waals surface area contributed by atoms with Crippen LogP contribution in [0.15, 0.2) is 46.9 Å². The van der Waals surface area contributed by atoms with Gasteiger partial charge < -0.3 is 9.32 Å². The van der Waals surface area contributed by atoms with Crippen molar-refractivity contribution in [3.8, 4) is 11.1 Å². The van der Waals surface area contributed by atoms with E-state index in [1.54, 1.807) is 0 Å². The largest absolute Gasteiger partial charge is 0.440 e. The number of furan rings is 1. The highest BCUT2D eigenvalue weighted by Crippen LogP contribution is 2.40. The zero-order valence-electron chi connectivity index (χ0n) is 13.6. The zero-order chi connectivity index (χ0) is 16.4. The first-order valence-electron chi connectivity index (χ1n) is 7.59. The van der Waals surface area contributed by atoms with Gasteiger partial charge in [-0.15, -0.1) is 0 Å². The average molecular weight is 346 g/mol. The number of halogens is 1. The topological polar surface area (TPSA) is 16.4 Å². The molecule has 0 saturated carbocycles. The summed E-state index contributed by atoms with van der Waals surface area (Å²) < 4.78 is 6.18. The number of hydrogen-bond acceptors (Lipinski definition) is 3. The molecule has 3 rings (SSSR count). The van der Waals surface area contributed by atoms with Gasteiger partial charge >= 0.3 is 0 Å². The third kappa shape index (κ3) is 3.36. The molecule has 0 spiro atoms. The van der Waals surface area contributed by atoms with Crippen LogP contribution >= 0.6 is 23.4 Å². The highest BCUT2D eigenvalue weighted by molar-refractivity contribution is 7.98. The Kier molecular flexibility index (Phi) is 4.88. The second kappa shape index (κ2) is 6.90. The molecule has 23 heavy (non-hydrogen) atoms. The minimum Gasteiger partial charge on any atom is -0.440 e. The van der Waals surface area contributed by atoms with E-state index in [-0.39, 0.29) is 0 Å². The lowest BCUT2D eigenvalue weighted by atomic mass is 10.0. The molecule has 4 heteroatoms. The van der Waals surface area contributed by atoms with Crippen LogP contribution in [0.1, 0.15) is 5.56 Å². The monoisotopic (exact) mass is 345 g/mol. The molecule has 2 aromatic carbocycles. The highest BCUT2D eigenvalue weighted by Gasteiger charge is 2.19. The molecule has 3 aromatic rings. The maximum absolute atomic E-state index is 6.18. The quantitative estimate of drug-likeness (QED) is 0.576. The Morgan fingerprint density at radius 3 is 2.57 bits per heavy atom. The molecule has 0 fully saturated rings. The fourth-order valence-electron chi connectivity index (χ4n) is 2.69.